The minimum Gasteiger partial charge on any atom is -0.462 e. The third-order valence-electron chi connectivity index (χ3n) is 7.46. The molecule has 1 aliphatic rings. The summed E-state index contributed by atoms with van der Waals surface area (Å²) in [6.07, 6.45) is 7.25. The molecule has 4 atom stereocenters. The quantitative estimate of drug-likeness (QED) is 0.120. The Balaban J connectivity index is 1.84. The average molecular weight is 623 g/mol. The zero-order chi connectivity index (χ0) is 32.5. The third kappa shape index (κ3) is 10.8. The predicted molar refractivity (Wildman–Crippen MR) is 178 cm³/mol. The van der Waals surface area contributed by atoms with Gasteiger partial charge in [0.05, 0.1) is 29.9 Å². The van der Waals surface area contributed by atoms with E-state index >= 15 is 0 Å². The molecule has 240 valence electrons. The average Bonchev–Trinajstić information content (AvgIpc) is 3.25. The highest BCUT2D eigenvalue weighted by Gasteiger charge is 2.45. The van der Waals surface area contributed by atoms with Gasteiger partial charge in [-0.15, -0.1) is 0 Å². The van der Waals surface area contributed by atoms with E-state index in [2.05, 4.69) is 19.6 Å². The predicted octanol–water partition coefficient (Wildman–Crippen LogP) is 7.93. The highest BCUT2D eigenvalue weighted by Crippen LogP contribution is 2.34. The van der Waals surface area contributed by atoms with E-state index in [-0.39, 0.29) is 12.1 Å². The number of hydrogen-bond donors (Lipinski definition) is 0. The molecule has 8 heteroatoms. The Hall–Kier alpha value is -3.04. The molecule has 7 nitrogen and oxygen atoms in total. The molecule has 0 N–H and O–H groups in total. The number of carbonyl (C=O) groups is 2. The summed E-state index contributed by atoms with van der Waals surface area (Å²) in [7, 11) is 0.335. The molecule has 2 aromatic carbocycles. The summed E-state index contributed by atoms with van der Waals surface area (Å²) in [5.41, 5.74) is 3.78. The van der Waals surface area contributed by atoms with Crippen LogP contribution < -0.4 is 0 Å². The minimum atomic E-state index is -1.33. The van der Waals surface area contributed by atoms with Gasteiger partial charge in [0.1, 0.15) is 12.2 Å². The summed E-state index contributed by atoms with van der Waals surface area (Å²) in [5.74, 6) is -1.61. The van der Waals surface area contributed by atoms with Crippen molar-refractivity contribution >= 4 is 26.1 Å². The van der Waals surface area contributed by atoms with Gasteiger partial charge in [-0.25, -0.2) is 9.59 Å². The van der Waals surface area contributed by atoms with Crippen LogP contribution in [0.15, 0.2) is 60.7 Å². The molecule has 2 aromatic rings. The normalized spacial score (nSPS) is 19.8. The van der Waals surface area contributed by atoms with Crippen molar-refractivity contribution in [1.82, 2.24) is 0 Å². The molecule has 1 heterocycles. The van der Waals surface area contributed by atoms with E-state index in [1.54, 1.807) is 31.4 Å². The minimum absolute atomic E-state index is 0.0156. The number of rotatable bonds is 14. The molecule has 0 spiro atoms. The maximum absolute atomic E-state index is 13.2. The summed E-state index contributed by atoms with van der Waals surface area (Å²) in [6.45, 7) is 16.9. The van der Waals surface area contributed by atoms with Crippen molar-refractivity contribution in [1.29, 1.82) is 0 Å². The van der Waals surface area contributed by atoms with Gasteiger partial charge in [0, 0.05) is 15.2 Å². The fourth-order valence-corrected chi connectivity index (χ4v) is 5.78. The van der Waals surface area contributed by atoms with Gasteiger partial charge in [-0.1, -0.05) is 73.8 Å². The first kappa shape index (κ1) is 35.4. The molecule has 0 saturated carbocycles. The van der Waals surface area contributed by atoms with Crippen molar-refractivity contribution in [2.24, 2.45) is 0 Å². The van der Waals surface area contributed by atoms with E-state index < -0.39 is 38.1 Å². The molecule has 3 rings (SSSR count). The zero-order valence-corrected chi connectivity index (χ0v) is 28.8. The second kappa shape index (κ2) is 15.8. The van der Waals surface area contributed by atoms with Crippen molar-refractivity contribution in [3.8, 4) is 0 Å². The lowest BCUT2D eigenvalue weighted by molar-refractivity contribution is -0.152. The first-order valence-corrected chi connectivity index (χ1v) is 19.2. The van der Waals surface area contributed by atoms with Crippen LogP contribution in [0.3, 0.4) is 0 Å². The maximum atomic E-state index is 13.2. The van der Waals surface area contributed by atoms with Crippen LogP contribution in [0.5, 0.6) is 0 Å². The van der Waals surface area contributed by atoms with Gasteiger partial charge in [-0.3, -0.25) is 0 Å². The molecule has 0 aliphatic carbocycles. The van der Waals surface area contributed by atoms with Gasteiger partial charge in [-0.05, 0) is 82.8 Å². The van der Waals surface area contributed by atoms with E-state index in [4.69, 9.17) is 23.7 Å². The van der Waals surface area contributed by atoms with E-state index in [9.17, 15) is 9.59 Å². The van der Waals surface area contributed by atoms with Gasteiger partial charge >= 0.3 is 11.9 Å². The van der Waals surface area contributed by atoms with E-state index in [1.807, 2.05) is 77.1 Å². The highest BCUT2D eigenvalue weighted by atomic mass is 28.3. The summed E-state index contributed by atoms with van der Waals surface area (Å²) in [6, 6.07) is 13.8. The van der Waals surface area contributed by atoms with Crippen LogP contribution in [0, 0.1) is 13.8 Å². The second-order valence-electron chi connectivity index (χ2n) is 13.2. The fraction of sp³-hybridized carbons (Fsp3) is 0.500. The Morgan fingerprint density at radius 3 is 2.39 bits per heavy atom. The number of hydrogen-bond acceptors (Lipinski definition) is 7. The van der Waals surface area contributed by atoms with Crippen molar-refractivity contribution in [2.45, 2.75) is 103 Å². The molecule has 1 saturated heterocycles. The lowest BCUT2D eigenvalue weighted by atomic mass is 9.97. The zero-order valence-electron chi connectivity index (χ0n) is 27.8. The van der Waals surface area contributed by atoms with Crippen LogP contribution >= 0.6 is 0 Å². The monoisotopic (exact) mass is 622 g/mol. The van der Waals surface area contributed by atoms with Crippen molar-refractivity contribution in [3.05, 3.63) is 88.5 Å². The largest absolute Gasteiger partial charge is 0.462 e. The summed E-state index contributed by atoms with van der Waals surface area (Å²) in [4.78, 5) is 26.3. The van der Waals surface area contributed by atoms with E-state index in [0.717, 1.165) is 22.7 Å². The molecule has 0 amide bonds. The number of carbonyl (C=O) groups excluding carboxylic acids is 2. The number of ether oxygens (including phenoxy) is 5. The first-order valence-electron chi connectivity index (χ1n) is 15.4. The van der Waals surface area contributed by atoms with E-state index in [0.29, 0.717) is 30.6 Å². The van der Waals surface area contributed by atoms with Crippen molar-refractivity contribution < 1.29 is 33.3 Å². The van der Waals surface area contributed by atoms with E-state index in [1.165, 1.54) is 0 Å². The Morgan fingerprint density at radius 1 is 1.02 bits per heavy atom. The summed E-state index contributed by atoms with van der Waals surface area (Å²) in [5, 5.41) is 0. The standard InChI is InChI=1S/C36H50O7Si/c1-25-23-26(2)32(35(38)40-21-22-44(7,8)9)29(24-25)18-14-20-31-33(43-36(4,5)42-31)30(19-13-15-27(3)39-6)41-34(37)28-16-11-10-12-17-28/h10-14,16-19,23-24,27,30-31,33H,15,20-22H2,1-9H3/b18-14+,19-13-/t27?,30?,31-,33?/m0/s1. The molecule has 0 aromatic heterocycles. The summed E-state index contributed by atoms with van der Waals surface area (Å²) < 4.78 is 29.8. The molecule has 1 fully saturated rings. The highest BCUT2D eigenvalue weighted by molar-refractivity contribution is 6.76. The van der Waals surface area contributed by atoms with Crippen molar-refractivity contribution in [3.63, 3.8) is 0 Å². The number of benzene rings is 2. The molecular formula is C36H50O7Si. The SMILES string of the molecule is COC(C)C/C=C\C(OC(=O)c1ccccc1)C1OC(C)(C)O[C@H]1C/C=C/c1cc(C)cc(C)c1C(=O)OCC[Si](C)(C)C. The molecule has 0 radical (unpaired) electrons. The van der Waals surface area contributed by atoms with Crippen LogP contribution in [0.25, 0.3) is 6.08 Å². The molecule has 3 unspecified atom stereocenters. The lowest BCUT2D eigenvalue weighted by Gasteiger charge is -2.24. The lowest BCUT2D eigenvalue weighted by Crippen LogP contribution is -2.37. The topological polar surface area (TPSA) is 80.3 Å². The Morgan fingerprint density at radius 2 is 1.73 bits per heavy atom. The Kier molecular flexibility index (Phi) is 12.7. The van der Waals surface area contributed by atoms with Gasteiger partial charge in [0.25, 0.3) is 0 Å². The fourth-order valence-electron chi connectivity index (χ4n) is 5.07. The summed E-state index contributed by atoms with van der Waals surface area (Å²) >= 11 is 0. The third-order valence-corrected chi connectivity index (χ3v) is 9.16. The smallest absolute Gasteiger partial charge is 0.338 e. The van der Waals surface area contributed by atoms with Gasteiger partial charge in [0.15, 0.2) is 5.79 Å². The number of methoxy groups -OCH3 is 1. The number of aryl methyl sites for hydroxylation is 2. The van der Waals surface area contributed by atoms with Gasteiger partial charge in [-0.2, -0.15) is 0 Å². The van der Waals surface area contributed by atoms with Crippen molar-refractivity contribution in [2.75, 3.05) is 13.7 Å². The van der Waals surface area contributed by atoms with Crippen LogP contribution in [-0.2, 0) is 23.7 Å². The van der Waals surface area contributed by atoms with Crippen LogP contribution in [-0.4, -0.2) is 63.9 Å². The van der Waals surface area contributed by atoms with Crippen LogP contribution in [0.1, 0.15) is 71.0 Å². The Bertz CT molecular complexity index is 1310. The van der Waals surface area contributed by atoms with Crippen LogP contribution in [0.4, 0.5) is 0 Å². The van der Waals surface area contributed by atoms with Crippen LogP contribution in [0.2, 0.25) is 25.7 Å². The molecule has 44 heavy (non-hydrogen) atoms. The maximum Gasteiger partial charge on any atom is 0.338 e. The van der Waals surface area contributed by atoms with Gasteiger partial charge in [0.2, 0.25) is 0 Å². The second-order valence-corrected chi connectivity index (χ2v) is 18.8. The van der Waals surface area contributed by atoms with Gasteiger partial charge < -0.3 is 23.7 Å². The Labute approximate surface area is 264 Å². The number of esters is 2. The molecule has 0 bridgehead atoms. The molecule has 1 aliphatic heterocycles. The first-order chi connectivity index (χ1) is 20.7. The molecular weight excluding hydrogens is 572 g/mol.